The van der Waals surface area contributed by atoms with E-state index < -0.39 is 0 Å². The number of nitrogens with one attached hydrogen (secondary N) is 2. The zero-order chi connectivity index (χ0) is 14.3. The Labute approximate surface area is 122 Å². The van der Waals surface area contributed by atoms with E-state index >= 15 is 0 Å². The van der Waals surface area contributed by atoms with E-state index in [2.05, 4.69) is 38.3 Å². The Balaban J connectivity index is 3.69. The van der Waals surface area contributed by atoms with Crippen LogP contribution in [0.2, 0.25) is 0 Å². The topological polar surface area (TPSA) is 24.1 Å². The van der Waals surface area contributed by atoms with Crippen molar-refractivity contribution in [3.8, 4) is 0 Å². The third-order valence-corrected chi connectivity index (χ3v) is 3.67. The molecule has 2 nitrogen and oxygen atoms in total. The van der Waals surface area contributed by atoms with E-state index in [9.17, 15) is 0 Å². The van der Waals surface area contributed by atoms with Crippen LogP contribution in [0.25, 0.3) is 0 Å². The monoisotopic (exact) mass is 270 g/mol. The van der Waals surface area contributed by atoms with Gasteiger partial charge in [-0.2, -0.15) is 0 Å². The van der Waals surface area contributed by atoms with Crippen LogP contribution in [0.5, 0.6) is 0 Å². The van der Waals surface area contributed by atoms with Gasteiger partial charge in [0, 0.05) is 25.2 Å². The predicted molar refractivity (Wildman–Crippen MR) is 87.8 cm³/mol. The van der Waals surface area contributed by atoms with Crippen LogP contribution in [0.4, 0.5) is 0 Å². The van der Waals surface area contributed by atoms with Crippen LogP contribution in [-0.4, -0.2) is 25.2 Å². The molecule has 2 heteroatoms. The van der Waals surface area contributed by atoms with Crippen LogP contribution in [0.1, 0.15) is 85.5 Å². The van der Waals surface area contributed by atoms with Crippen molar-refractivity contribution in [2.45, 2.75) is 97.6 Å². The van der Waals surface area contributed by atoms with Crippen LogP contribution in [0.15, 0.2) is 0 Å². The molecule has 0 spiro atoms. The van der Waals surface area contributed by atoms with E-state index in [1.165, 1.54) is 57.8 Å². The van der Waals surface area contributed by atoms with Crippen LogP contribution >= 0.6 is 0 Å². The summed E-state index contributed by atoms with van der Waals surface area (Å²) in [4.78, 5) is 0. The molecule has 116 valence electrons. The van der Waals surface area contributed by atoms with Crippen molar-refractivity contribution in [1.82, 2.24) is 10.6 Å². The van der Waals surface area contributed by atoms with Crippen molar-refractivity contribution >= 4 is 0 Å². The van der Waals surface area contributed by atoms with Gasteiger partial charge in [0.1, 0.15) is 0 Å². The van der Waals surface area contributed by atoms with Gasteiger partial charge in [-0.25, -0.2) is 0 Å². The fourth-order valence-corrected chi connectivity index (χ4v) is 2.44. The third kappa shape index (κ3) is 14.1. The first kappa shape index (κ1) is 18.9. The molecule has 0 aromatic heterocycles. The van der Waals surface area contributed by atoms with Gasteiger partial charge in [-0.3, -0.25) is 0 Å². The van der Waals surface area contributed by atoms with Crippen molar-refractivity contribution in [3.63, 3.8) is 0 Å². The predicted octanol–water partition coefficient (Wildman–Crippen LogP) is 4.49. The Kier molecular flexibility index (Phi) is 14.3. The molecule has 0 saturated heterocycles. The molecule has 0 heterocycles. The largest absolute Gasteiger partial charge is 0.313 e. The maximum absolute atomic E-state index is 3.75. The smallest absolute Gasteiger partial charge is 0.00794 e. The number of unbranched alkanes of at least 4 members (excludes halogenated alkanes) is 5. The van der Waals surface area contributed by atoms with Gasteiger partial charge in [-0.1, -0.05) is 72.6 Å². The van der Waals surface area contributed by atoms with Gasteiger partial charge in [0.05, 0.1) is 0 Å². The van der Waals surface area contributed by atoms with Gasteiger partial charge >= 0.3 is 0 Å². The zero-order valence-electron chi connectivity index (χ0n) is 13.9. The molecule has 0 aliphatic carbocycles. The molecule has 0 saturated carbocycles. The molecule has 0 aliphatic heterocycles. The quantitative estimate of drug-likeness (QED) is 0.454. The SMILES string of the molecule is CCCCCCC(CCCCC)NCCNC(C)C. The molecule has 0 amide bonds. The van der Waals surface area contributed by atoms with Crippen LogP contribution in [0, 0.1) is 0 Å². The second-order valence-electron chi connectivity index (χ2n) is 6.10. The molecule has 0 rings (SSSR count). The number of hydrogen-bond acceptors (Lipinski definition) is 2. The Morgan fingerprint density at radius 3 is 1.79 bits per heavy atom. The summed E-state index contributed by atoms with van der Waals surface area (Å²) >= 11 is 0. The van der Waals surface area contributed by atoms with E-state index in [1.807, 2.05) is 0 Å². The normalized spacial score (nSPS) is 13.1. The first-order chi connectivity index (χ1) is 9.20. The van der Waals surface area contributed by atoms with E-state index in [0.717, 1.165) is 19.1 Å². The lowest BCUT2D eigenvalue weighted by atomic mass is 10.0. The highest BCUT2D eigenvalue weighted by Crippen LogP contribution is 2.11. The van der Waals surface area contributed by atoms with Crippen molar-refractivity contribution < 1.29 is 0 Å². The first-order valence-electron chi connectivity index (χ1n) is 8.67. The first-order valence-corrected chi connectivity index (χ1v) is 8.67. The minimum atomic E-state index is 0.602. The Hall–Kier alpha value is -0.0800. The molecule has 0 aromatic carbocycles. The molecule has 19 heavy (non-hydrogen) atoms. The standard InChI is InChI=1S/C17H38N2/c1-5-7-9-11-13-17(12-10-8-6-2)19-15-14-18-16(3)4/h16-19H,5-15H2,1-4H3. The lowest BCUT2D eigenvalue weighted by Gasteiger charge is -2.19. The van der Waals surface area contributed by atoms with Gasteiger partial charge in [-0.15, -0.1) is 0 Å². The van der Waals surface area contributed by atoms with Gasteiger partial charge < -0.3 is 10.6 Å². The second-order valence-corrected chi connectivity index (χ2v) is 6.10. The van der Waals surface area contributed by atoms with Crippen LogP contribution in [0.3, 0.4) is 0 Å². The van der Waals surface area contributed by atoms with E-state index in [-0.39, 0.29) is 0 Å². The molecule has 1 unspecified atom stereocenters. The van der Waals surface area contributed by atoms with Crippen molar-refractivity contribution in [2.24, 2.45) is 0 Å². The number of rotatable bonds is 14. The van der Waals surface area contributed by atoms with Gasteiger partial charge in [0.15, 0.2) is 0 Å². The third-order valence-electron chi connectivity index (χ3n) is 3.67. The van der Waals surface area contributed by atoms with E-state index in [1.54, 1.807) is 0 Å². The average molecular weight is 271 g/mol. The summed E-state index contributed by atoms with van der Waals surface area (Å²) in [6.45, 7) is 11.2. The Morgan fingerprint density at radius 1 is 0.684 bits per heavy atom. The van der Waals surface area contributed by atoms with E-state index in [4.69, 9.17) is 0 Å². The summed E-state index contributed by atoms with van der Waals surface area (Å²) in [5.41, 5.74) is 0. The summed E-state index contributed by atoms with van der Waals surface area (Å²) in [6, 6.07) is 1.35. The summed E-state index contributed by atoms with van der Waals surface area (Å²) in [7, 11) is 0. The maximum Gasteiger partial charge on any atom is 0.00794 e. The minimum Gasteiger partial charge on any atom is -0.313 e. The van der Waals surface area contributed by atoms with Crippen LogP contribution in [-0.2, 0) is 0 Å². The summed E-state index contributed by atoms with van der Waals surface area (Å²) in [5, 5.41) is 7.23. The second kappa shape index (κ2) is 14.3. The molecule has 2 N–H and O–H groups in total. The molecular formula is C17H38N2. The van der Waals surface area contributed by atoms with Crippen molar-refractivity contribution in [3.05, 3.63) is 0 Å². The Bertz CT molecular complexity index is 169. The highest BCUT2D eigenvalue weighted by Gasteiger charge is 2.07. The molecule has 1 atom stereocenters. The van der Waals surface area contributed by atoms with E-state index in [0.29, 0.717) is 6.04 Å². The average Bonchev–Trinajstić information content (AvgIpc) is 2.38. The molecule has 0 fully saturated rings. The number of hydrogen-bond donors (Lipinski definition) is 2. The lowest BCUT2D eigenvalue weighted by molar-refractivity contribution is 0.410. The fraction of sp³-hybridized carbons (Fsp3) is 1.00. The molecule has 0 radical (unpaired) electrons. The molecule has 0 aliphatic rings. The highest BCUT2D eigenvalue weighted by molar-refractivity contribution is 4.68. The van der Waals surface area contributed by atoms with Crippen molar-refractivity contribution in [1.29, 1.82) is 0 Å². The van der Waals surface area contributed by atoms with Gasteiger partial charge in [0.2, 0.25) is 0 Å². The summed E-state index contributed by atoms with van der Waals surface area (Å²) in [6.07, 6.45) is 12.4. The minimum absolute atomic E-state index is 0.602. The molecule has 0 aromatic rings. The lowest BCUT2D eigenvalue weighted by Crippen LogP contribution is -2.37. The zero-order valence-corrected chi connectivity index (χ0v) is 13.9. The Morgan fingerprint density at radius 2 is 1.21 bits per heavy atom. The summed E-state index contributed by atoms with van der Waals surface area (Å²) < 4.78 is 0. The van der Waals surface area contributed by atoms with Crippen LogP contribution < -0.4 is 10.6 Å². The van der Waals surface area contributed by atoms with Crippen molar-refractivity contribution in [2.75, 3.05) is 13.1 Å². The highest BCUT2D eigenvalue weighted by atomic mass is 15.0. The fourth-order valence-electron chi connectivity index (χ4n) is 2.44. The summed E-state index contributed by atoms with van der Waals surface area (Å²) in [5.74, 6) is 0. The molecular weight excluding hydrogens is 232 g/mol. The van der Waals surface area contributed by atoms with Gasteiger partial charge in [0.25, 0.3) is 0 Å². The van der Waals surface area contributed by atoms with Gasteiger partial charge in [-0.05, 0) is 12.8 Å². The molecule has 0 bridgehead atoms. The maximum atomic E-state index is 3.75.